The molecule has 1 aliphatic rings. The fourth-order valence-corrected chi connectivity index (χ4v) is 3.13. The van der Waals surface area contributed by atoms with E-state index in [0.717, 1.165) is 32.0 Å². The van der Waals surface area contributed by atoms with Crippen molar-refractivity contribution in [2.24, 2.45) is 4.99 Å². The Morgan fingerprint density at radius 2 is 2.11 bits per heavy atom. The van der Waals surface area contributed by atoms with Crippen LogP contribution in [-0.4, -0.2) is 39.1 Å². The van der Waals surface area contributed by atoms with Crippen LogP contribution in [0.1, 0.15) is 23.9 Å². The SMILES string of the molecule is CCNC(=NCc1nc(-c2ccco2)n[nH]1)N1CCc2ccccc2C1.I. The third-order valence-electron chi connectivity index (χ3n) is 4.42. The van der Waals surface area contributed by atoms with Crippen LogP contribution in [0.3, 0.4) is 0 Å². The first-order valence-electron chi connectivity index (χ1n) is 8.88. The Hall–Kier alpha value is -2.36. The topological polar surface area (TPSA) is 82.3 Å². The van der Waals surface area contributed by atoms with Crippen LogP contribution in [0.15, 0.2) is 52.1 Å². The van der Waals surface area contributed by atoms with Crippen LogP contribution in [0.25, 0.3) is 11.6 Å². The van der Waals surface area contributed by atoms with Gasteiger partial charge >= 0.3 is 0 Å². The first-order chi connectivity index (χ1) is 12.8. The first-order valence-corrected chi connectivity index (χ1v) is 8.88. The molecule has 27 heavy (non-hydrogen) atoms. The number of H-pyrrole nitrogens is 1. The van der Waals surface area contributed by atoms with Gasteiger partial charge in [-0.25, -0.2) is 9.98 Å². The van der Waals surface area contributed by atoms with Crippen LogP contribution in [-0.2, 0) is 19.5 Å². The molecule has 8 heteroatoms. The molecule has 0 saturated heterocycles. The number of hydrogen-bond donors (Lipinski definition) is 2. The van der Waals surface area contributed by atoms with E-state index in [1.165, 1.54) is 11.1 Å². The van der Waals surface area contributed by atoms with E-state index < -0.39 is 0 Å². The Kier molecular flexibility index (Phi) is 6.49. The van der Waals surface area contributed by atoms with Crippen LogP contribution in [0, 0.1) is 0 Å². The summed E-state index contributed by atoms with van der Waals surface area (Å²) in [6, 6.07) is 12.3. The number of nitrogens with zero attached hydrogens (tertiary/aromatic N) is 4. The van der Waals surface area contributed by atoms with E-state index in [0.29, 0.717) is 24.0 Å². The number of nitrogens with one attached hydrogen (secondary N) is 2. The Balaban J connectivity index is 0.00000210. The van der Waals surface area contributed by atoms with Gasteiger partial charge in [-0.05, 0) is 36.6 Å². The highest BCUT2D eigenvalue weighted by Gasteiger charge is 2.18. The highest BCUT2D eigenvalue weighted by atomic mass is 127. The highest BCUT2D eigenvalue weighted by Crippen LogP contribution is 2.19. The predicted molar refractivity (Wildman–Crippen MR) is 115 cm³/mol. The van der Waals surface area contributed by atoms with E-state index in [-0.39, 0.29) is 24.0 Å². The lowest BCUT2D eigenvalue weighted by Crippen LogP contribution is -2.44. The molecule has 0 amide bonds. The molecule has 0 unspecified atom stereocenters. The van der Waals surface area contributed by atoms with Gasteiger partial charge in [0, 0.05) is 19.6 Å². The number of rotatable bonds is 4. The minimum Gasteiger partial charge on any atom is -0.461 e. The van der Waals surface area contributed by atoms with E-state index >= 15 is 0 Å². The number of fused-ring (bicyclic) bond motifs is 1. The van der Waals surface area contributed by atoms with Crippen molar-refractivity contribution in [1.82, 2.24) is 25.4 Å². The van der Waals surface area contributed by atoms with Gasteiger partial charge in [0.2, 0.25) is 5.82 Å². The van der Waals surface area contributed by atoms with Crippen molar-refractivity contribution in [1.29, 1.82) is 0 Å². The quantitative estimate of drug-likeness (QED) is 0.342. The maximum absolute atomic E-state index is 5.32. The minimum atomic E-state index is 0. The monoisotopic (exact) mass is 478 g/mol. The number of halogens is 1. The van der Waals surface area contributed by atoms with Crippen molar-refractivity contribution < 1.29 is 4.42 Å². The van der Waals surface area contributed by atoms with Gasteiger partial charge in [-0.15, -0.1) is 29.1 Å². The second-order valence-electron chi connectivity index (χ2n) is 6.19. The molecule has 0 saturated carbocycles. The molecular formula is C19H23IN6O. The lowest BCUT2D eigenvalue weighted by atomic mass is 10.0. The van der Waals surface area contributed by atoms with Gasteiger partial charge in [-0.2, -0.15) is 0 Å². The summed E-state index contributed by atoms with van der Waals surface area (Å²) in [6.07, 6.45) is 2.65. The second kappa shape index (κ2) is 9.03. The van der Waals surface area contributed by atoms with Crippen LogP contribution in [0.5, 0.6) is 0 Å². The number of aromatic nitrogens is 3. The zero-order chi connectivity index (χ0) is 17.8. The number of guanidine groups is 1. The van der Waals surface area contributed by atoms with E-state index in [1.54, 1.807) is 6.26 Å². The molecule has 3 aromatic rings. The third kappa shape index (κ3) is 4.49. The van der Waals surface area contributed by atoms with Crippen LogP contribution >= 0.6 is 24.0 Å². The molecule has 1 aliphatic heterocycles. The summed E-state index contributed by atoms with van der Waals surface area (Å²) in [5.41, 5.74) is 2.79. The fraction of sp³-hybridized carbons (Fsp3) is 0.316. The molecule has 0 aliphatic carbocycles. The molecule has 3 heterocycles. The third-order valence-corrected chi connectivity index (χ3v) is 4.42. The van der Waals surface area contributed by atoms with Gasteiger partial charge < -0.3 is 14.6 Å². The molecule has 0 spiro atoms. The summed E-state index contributed by atoms with van der Waals surface area (Å²) >= 11 is 0. The Morgan fingerprint density at radius 3 is 2.89 bits per heavy atom. The zero-order valence-electron chi connectivity index (χ0n) is 15.2. The number of aliphatic imine (C=N–C) groups is 1. The molecule has 7 nitrogen and oxygen atoms in total. The van der Waals surface area contributed by atoms with Gasteiger partial charge in [0.05, 0.1) is 6.26 Å². The maximum Gasteiger partial charge on any atom is 0.216 e. The van der Waals surface area contributed by atoms with E-state index in [1.807, 2.05) is 12.1 Å². The molecule has 0 fully saturated rings. The summed E-state index contributed by atoms with van der Waals surface area (Å²) < 4.78 is 5.32. The molecule has 142 valence electrons. The smallest absolute Gasteiger partial charge is 0.216 e. The standard InChI is InChI=1S/C19H22N6O.HI/c1-2-20-19(25-10-9-14-6-3-4-7-15(14)13-25)21-12-17-22-18(24-23-17)16-8-5-11-26-16;/h3-8,11H,2,9-10,12-13H2,1H3,(H,20,21)(H,22,23,24);1H. The Labute approximate surface area is 175 Å². The molecule has 1 aromatic carbocycles. The number of furan rings is 1. The molecule has 2 aromatic heterocycles. The average molecular weight is 478 g/mol. The van der Waals surface area contributed by atoms with Crippen LogP contribution in [0.2, 0.25) is 0 Å². The fourth-order valence-electron chi connectivity index (χ4n) is 3.13. The van der Waals surface area contributed by atoms with Crippen molar-refractivity contribution in [3.8, 4) is 11.6 Å². The summed E-state index contributed by atoms with van der Waals surface area (Å²) in [5.74, 6) is 2.82. The molecule has 2 N–H and O–H groups in total. The van der Waals surface area contributed by atoms with Crippen molar-refractivity contribution in [3.05, 3.63) is 59.6 Å². The van der Waals surface area contributed by atoms with E-state index in [4.69, 9.17) is 9.41 Å². The Morgan fingerprint density at radius 1 is 1.26 bits per heavy atom. The molecule has 0 bridgehead atoms. The number of aromatic amines is 1. The van der Waals surface area contributed by atoms with Crippen molar-refractivity contribution in [2.75, 3.05) is 13.1 Å². The molecule has 4 rings (SSSR count). The lowest BCUT2D eigenvalue weighted by Gasteiger charge is -2.31. The van der Waals surface area contributed by atoms with Gasteiger partial charge in [0.25, 0.3) is 0 Å². The van der Waals surface area contributed by atoms with Crippen LogP contribution < -0.4 is 5.32 Å². The molecule has 0 radical (unpaired) electrons. The predicted octanol–water partition coefficient (Wildman–Crippen LogP) is 3.21. The summed E-state index contributed by atoms with van der Waals surface area (Å²) in [6.45, 7) is 5.17. The summed E-state index contributed by atoms with van der Waals surface area (Å²) in [5, 5.41) is 10.5. The molecular weight excluding hydrogens is 455 g/mol. The largest absolute Gasteiger partial charge is 0.461 e. The number of hydrogen-bond acceptors (Lipinski definition) is 4. The second-order valence-corrected chi connectivity index (χ2v) is 6.19. The van der Waals surface area contributed by atoms with E-state index in [9.17, 15) is 0 Å². The normalized spacial score (nSPS) is 13.8. The Bertz CT molecular complexity index is 889. The zero-order valence-corrected chi connectivity index (χ0v) is 17.5. The van der Waals surface area contributed by atoms with Gasteiger partial charge in [0.15, 0.2) is 11.7 Å². The van der Waals surface area contributed by atoms with Gasteiger partial charge in [-0.3, -0.25) is 5.10 Å². The summed E-state index contributed by atoms with van der Waals surface area (Å²) in [7, 11) is 0. The molecule has 0 atom stereocenters. The van der Waals surface area contributed by atoms with Crippen molar-refractivity contribution >= 4 is 29.9 Å². The van der Waals surface area contributed by atoms with Gasteiger partial charge in [-0.1, -0.05) is 24.3 Å². The first kappa shape index (κ1) is 19.4. The van der Waals surface area contributed by atoms with Gasteiger partial charge in [0.1, 0.15) is 12.4 Å². The average Bonchev–Trinajstić information content (AvgIpc) is 3.36. The van der Waals surface area contributed by atoms with Crippen molar-refractivity contribution in [3.63, 3.8) is 0 Å². The summed E-state index contributed by atoms with van der Waals surface area (Å²) in [4.78, 5) is 11.5. The minimum absolute atomic E-state index is 0. The highest BCUT2D eigenvalue weighted by molar-refractivity contribution is 14.0. The maximum atomic E-state index is 5.32. The van der Waals surface area contributed by atoms with E-state index in [2.05, 4.69) is 56.6 Å². The van der Waals surface area contributed by atoms with Crippen LogP contribution in [0.4, 0.5) is 0 Å². The number of benzene rings is 1. The van der Waals surface area contributed by atoms with Crippen molar-refractivity contribution in [2.45, 2.75) is 26.4 Å². The lowest BCUT2D eigenvalue weighted by molar-refractivity contribution is 0.378.